The molecule has 1 aromatic carbocycles. The van der Waals surface area contributed by atoms with Gasteiger partial charge < -0.3 is 10.9 Å². The van der Waals surface area contributed by atoms with Crippen molar-refractivity contribution in [2.45, 2.75) is 25.2 Å². The molecule has 19 heavy (non-hydrogen) atoms. The molecule has 0 atom stereocenters. The van der Waals surface area contributed by atoms with Crippen molar-refractivity contribution in [1.82, 2.24) is 4.31 Å². The van der Waals surface area contributed by atoms with Crippen LogP contribution < -0.4 is 5.73 Å². The topological polar surface area (TPSA) is 96.0 Å². The smallest absolute Gasteiger partial charge is 0.243 e. The zero-order chi connectivity index (χ0) is 14.5. The molecule has 1 aromatic rings. The Morgan fingerprint density at radius 1 is 1.47 bits per heavy atom. The Morgan fingerprint density at radius 2 is 2.16 bits per heavy atom. The summed E-state index contributed by atoms with van der Waals surface area (Å²) in [6, 6.07) is 6.74. The van der Waals surface area contributed by atoms with Crippen molar-refractivity contribution in [3.8, 4) is 0 Å². The molecular weight excluding hydrogens is 266 g/mol. The van der Waals surface area contributed by atoms with Crippen LogP contribution in [-0.4, -0.2) is 36.9 Å². The van der Waals surface area contributed by atoms with E-state index in [1.807, 2.05) is 13.0 Å². The van der Waals surface area contributed by atoms with E-state index in [0.29, 0.717) is 6.54 Å². The fourth-order valence-electron chi connectivity index (χ4n) is 1.66. The first-order valence-corrected chi connectivity index (χ1v) is 7.39. The molecule has 0 saturated carbocycles. The third-order valence-corrected chi connectivity index (χ3v) is 4.70. The van der Waals surface area contributed by atoms with E-state index in [1.165, 1.54) is 4.31 Å². The average molecular weight is 285 g/mol. The van der Waals surface area contributed by atoms with Crippen molar-refractivity contribution >= 4 is 15.9 Å². The van der Waals surface area contributed by atoms with Gasteiger partial charge in [0.05, 0.1) is 4.90 Å². The molecule has 0 aliphatic rings. The van der Waals surface area contributed by atoms with Gasteiger partial charge in [0.1, 0.15) is 5.84 Å². The molecule has 106 valence electrons. The lowest BCUT2D eigenvalue weighted by molar-refractivity contribution is 0.315. The number of sulfonamides is 1. The molecule has 0 aromatic heterocycles. The van der Waals surface area contributed by atoms with E-state index in [2.05, 4.69) is 5.16 Å². The van der Waals surface area contributed by atoms with E-state index in [9.17, 15) is 8.42 Å². The minimum atomic E-state index is -3.54. The summed E-state index contributed by atoms with van der Waals surface area (Å²) in [4.78, 5) is 0.258. The second kappa shape index (κ2) is 6.53. The van der Waals surface area contributed by atoms with Gasteiger partial charge in [-0.2, -0.15) is 4.31 Å². The monoisotopic (exact) mass is 285 g/mol. The standard InChI is InChI=1S/C12H19N3O3S/c1-3-15(8-7-12(13)14-16)19(17,18)11-6-4-5-10(2)9-11/h4-6,9,16H,3,7-8H2,1-2H3,(H2,13,14). The first-order valence-electron chi connectivity index (χ1n) is 5.95. The summed E-state index contributed by atoms with van der Waals surface area (Å²) in [5, 5.41) is 11.3. The number of hydrogen-bond acceptors (Lipinski definition) is 4. The number of nitrogens with two attached hydrogens (primary N) is 1. The normalized spacial score (nSPS) is 12.9. The quantitative estimate of drug-likeness (QED) is 0.354. The highest BCUT2D eigenvalue weighted by Crippen LogP contribution is 2.16. The first-order chi connectivity index (χ1) is 8.91. The largest absolute Gasteiger partial charge is 0.409 e. The summed E-state index contributed by atoms with van der Waals surface area (Å²) in [7, 11) is -3.54. The van der Waals surface area contributed by atoms with Crippen molar-refractivity contribution in [2.24, 2.45) is 10.9 Å². The Morgan fingerprint density at radius 3 is 2.68 bits per heavy atom. The lowest BCUT2D eigenvalue weighted by Gasteiger charge is -2.20. The van der Waals surface area contributed by atoms with Crippen LogP contribution in [-0.2, 0) is 10.0 Å². The number of benzene rings is 1. The maximum absolute atomic E-state index is 12.4. The molecule has 0 unspecified atom stereocenters. The summed E-state index contributed by atoms with van der Waals surface area (Å²) in [6.45, 7) is 4.10. The van der Waals surface area contributed by atoms with Crippen molar-refractivity contribution in [3.05, 3.63) is 29.8 Å². The molecule has 0 heterocycles. The highest BCUT2D eigenvalue weighted by molar-refractivity contribution is 7.89. The Labute approximate surface area is 113 Å². The predicted molar refractivity (Wildman–Crippen MR) is 73.6 cm³/mol. The summed E-state index contributed by atoms with van der Waals surface area (Å²) in [6.07, 6.45) is 0.190. The molecule has 0 saturated heterocycles. The lowest BCUT2D eigenvalue weighted by Crippen LogP contribution is -2.34. The predicted octanol–water partition coefficient (Wildman–Crippen LogP) is 1.14. The second-order valence-electron chi connectivity index (χ2n) is 4.15. The number of nitrogens with zero attached hydrogens (tertiary/aromatic N) is 2. The van der Waals surface area contributed by atoms with Crippen LogP contribution in [0.25, 0.3) is 0 Å². The van der Waals surface area contributed by atoms with Gasteiger partial charge in [0.25, 0.3) is 0 Å². The number of rotatable bonds is 6. The van der Waals surface area contributed by atoms with E-state index in [4.69, 9.17) is 10.9 Å². The molecule has 0 bridgehead atoms. The maximum atomic E-state index is 12.4. The second-order valence-corrected chi connectivity index (χ2v) is 6.09. The minimum Gasteiger partial charge on any atom is -0.409 e. The van der Waals surface area contributed by atoms with Gasteiger partial charge in [-0.05, 0) is 24.6 Å². The third-order valence-electron chi connectivity index (χ3n) is 2.73. The van der Waals surface area contributed by atoms with Gasteiger partial charge in [0.2, 0.25) is 10.0 Å². The highest BCUT2D eigenvalue weighted by atomic mass is 32.2. The van der Waals surface area contributed by atoms with Crippen LogP contribution >= 0.6 is 0 Å². The first kappa shape index (κ1) is 15.5. The molecule has 0 aliphatic heterocycles. The SMILES string of the molecule is CCN(CCC(N)=NO)S(=O)(=O)c1cccc(C)c1. The van der Waals surface area contributed by atoms with Crippen LogP contribution in [0.1, 0.15) is 18.9 Å². The van der Waals surface area contributed by atoms with Gasteiger partial charge in [-0.15, -0.1) is 0 Å². The van der Waals surface area contributed by atoms with Crippen LogP contribution in [0, 0.1) is 6.92 Å². The third kappa shape index (κ3) is 3.93. The summed E-state index contributed by atoms with van der Waals surface area (Å²) in [5.74, 6) is 0.0119. The zero-order valence-corrected chi connectivity index (χ0v) is 11.9. The van der Waals surface area contributed by atoms with E-state index < -0.39 is 10.0 Å². The Kier molecular flexibility index (Phi) is 5.31. The van der Waals surface area contributed by atoms with Gasteiger partial charge in [-0.25, -0.2) is 8.42 Å². The van der Waals surface area contributed by atoms with Gasteiger partial charge in [0.15, 0.2) is 0 Å². The molecule has 0 fully saturated rings. The maximum Gasteiger partial charge on any atom is 0.243 e. The zero-order valence-electron chi connectivity index (χ0n) is 11.1. The number of oxime groups is 1. The lowest BCUT2D eigenvalue weighted by atomic mass is 10.2. The molecule has 0 amide bonds. The molecule has 7 heteroatoms. The molecule has 0 aliphatic carbocycles. The Bertz CT molecular complexity index is 555. The van der Waals surface area contributed by atoms with Gasteiger partial charge >= 0.3 is 0 Å². The fraction of sp³-hybridized carbons (Fsp3) is 0.417. The van der Waals surface area contributed by atoms with Gasteiger partial charge in [-0.1, -0.05) is 24.2 Å². The number of amidine groups is 1. The highest BCUT2D eigenvalue weighted by Gasteiger charge is 2.22. The fourth-order valence-corrected chi connectivity index (χ4v) is 3.22. The molecule has 6 nitrogen and oxygen atoms in total. The Balaban J connectivity index is 2.96. The van der Waals surface area contributed by atoms with Gasteiger partial charge in [0, 0.05) is 19.5 Å². The van der Waals surface area contributed by atoms with E-state index in [1.54, 1.807) is 25.1 Å². The molecular formula is C12H19N3O3S. The molecule has 0 spiro atoms. The van der Waals surface area contributed by atoms with Crippen molar-refractivity contribution in [3.63, 3.8) is 0 Å². The average Bonchev–Trinajstić information content (AvgIpc) is 2.38. The van der Waals surface area contributed by atoms with Crippen molar-refractivity contribution in [2.75, 3.05) is 13.1 Å². The summed E-state index contributed by atoms with van der Waals surface area (Å²) >= 11 is 0. The summed E-state index contributed by atoms with van der Waals surface area (Å²) in [5.41, 5.74) is 6.24. The van der Waals surface area contributed by atoms with Crippen molar-refractivity contribution < 1.29 is 13.6 Å². The molecule has 1 rings (SSSR count). The summed E-state index contributed by atoms with van der Waals surface area (Å²) < 4.78 is 26.1. The number of aryl methyl sites for hydroxylation is 1. The van der Waals surface area contributed by atoms with Crippen LogP contribution in [0.5, 0.6) is 0 Å². The minimum absolute atomic E-state index is 0.0119. The number of hydrogen-bond donors (Lipinski definition) is 2. The van der Waals surface area contributed by atoms with Crippen molar-refractivity contribution in [1.29, 1.82) is 0 Å². The van der Waals surface area contributed by atoms with Crippen LogP contribution in [0.2, 0.25) is 0 Å². The van der Waals surface area contributed by atoms with E-state index in [0.717, 1.165) is 5.56 Å². The molecule has 3 N–H and O–H groups in total. The van der Waals surface area contributed by atoms with E-state index in [-0.39, 0.29) is 23.7 Å². The van der Waals surface area contributed by atoms with E-state index >= 15 is 0 Å². The van der Waals surface area contributed by atoms with Gasteiger partial charge in [-0.3, -0.25) is 0 Å². The van der Waals surface area contributed by atoms with Crippen LogP contribution in [0.15, 0.2) is 34.3 Å². The Hall–Kier alpha value is -1.60. The molecule has 0 radical (unpaired) electrons. The van der Waals surface area contributed by atoms with Crippen LogP contribution in [0.3, 0.4) is 0 Å². The van der Waals surface area contributed by atoms with Crippen LogP contribution in [0.4, 0.5) is 0 Å².